The van der Waals surface area contributed by atoms with Gasteiger partial charge in [0.1, 0.15) is 0 Å². The minimum absolute atomic E-state index is 0.152. The van der Waals surface area contributed by atoms with Crippen molar-refractivity contribution < 1.29 is 14.3 Å². The van der Waals surface area contributed by atoms with Gasteiger partial charge in [-0.05, 0) is 45.6 Å². The fourth-order valence-electron chi connectivity index (χ4n) is 5.29. The van der Waals surface area contributed by atoms with Crippen LogP contribution in [0.5, 0.6) is 0 Å². The van der Waals surface area contributed by atoms with Gasteiger partial charge in [0, 0.05) is 49.1 Å². The second-order valence-corrected chi connectivity index (χ2v) is 8.08. The van der Waals surface area contributed by atoms with Crippen molar-refractivity contribution in [3.05, 3.63) is 11.8 Å². The molecule has 3 atom stereocenters. The zero-order valence-electron chi connectivity index (χ0n) is 15.3. The van der Waals surface area contributed by atoms with Gasteiger partial charge in [-0.3, -0.25) is 9.69 Å². The highest BCUT2D eigenvalue weighted by Crippen LogP contribution is 2.44. The van der Waals surface area contributed by atoms with Crippen LogP contribution >= 0.6 is 0 Å². The maximum atomic E-state index is 12.2. The van der Waals surface area contributed by atoms with E-state index in [4.69, 9.17) is 4.74 Å². The molecule has 1 spiro atoms. The van der Waals surface area contributed by atoms with Crippen molar-refractivity contribution in [1.29, 1.82) is 0 Å². The highest BCUT2D eigenvalue weighted by Gasteiger charge is 2.47. The van der Waals surface area contributed by atoms with Crippen molar-refractivity contribution in [2.45, 2.75) is 70.5 Å². The van der Waals surface area contributed by atoms with Crippen LogP contribution in [-0.2, 0) is 9.53 Å². The molecule has 0 aromatic rings. The Morgan fingerprint density at radius 3 is 2.72 bits per heavy atom. The van der Waals surface area contributed by atoms with E-state index >= 15 is 0 Å². The molecule has 4 aliphatic heterocycles. The summed E-state index contributed by atoms with van der Waals surface area (Å²) in [6.45, 7) is 6.48. The predicted octanol–water partition coefficient (Wildman–Crippen LogP) is 2.25. The third-order valence-electron chi connectivity index (χ3n) is 6.83. The van der Waals surface area contributed by atoms with Crippen molar-refractivity contribution in [2.24, 2.45) is 5.41 Å². The highest BCUT2D eigenvalue weighted by molar-refractivity contribution is 5.80. The quantitative estimate of drug-likeness (QED) is 0.832. The van der Waals surface area contributed by atoms with E-state index in [9.17, 15) is 9.59 Å². The summed E-state index contributed by atoms with van der Waals surface area (Å²) >= 11 is 0. The number of ether oxygens (including phenoxy) is 1. The molecule has 0 aliphatic carbocycles. The summed E-state index contributed by atoms with van der Waals surface area (Å²) in [5.74, 6) is 0.209. The zero-order valence-corrected chi connectivity index (χ0v) is 15.3. The van der Waals surface area contributed by atoms with Gasteiger partial charge in [0.15, 0.2) is 0 Å². The van der Waals surface area contributed by atoms with Crippen LogP contribution in [0.25, 0.3) is 0 Å². The number of piperidine rings is 1. The topological polar surface area (TPSA) is 61.9 Å². The number of hydrogen-bond donors (Lipinski definition) is 1. The Bertz CT molecular complexity index is 595. The fraction of sp³-hybridized carbons (Fsp3) is 0.789. The summed E-state index contributed by atoms with van der Waals surface area (Å²) in [5, 5.41) is 3.10. The first-order chi connectivity index (χ1) is 12.0. The molecule has 1 N–H and O–H groups in total. The lowest BCUT2D eigenvalue weighted by Gasteiger charge is -2.45. The summed E-state index contributed by atoms with van der Waals surface area (Å²) in [7, 11) is 0. The standard InChI is InChI=1S/C19H29N3O3/c1-3-25-18(24)22-14-4-5-15(22)11-16(10-14)21-8-6-19(7-9-21)12-17(23)20-13(19)2/h10,13-15H,3-9,11-12H2,1-2H3,(H,20,23). The molecule has 0 saturated carbocycles. The van der Waals surface area contributed by atoms with Gasteiger partial charge in [0.25, 0.3) is 0 Å². The van der Waals surface area contributed by atoms with Gasteiger partial charge >= 0.3 is 6.09 Å². The Morgan fingerprint density at radius 2 is 2.12 bits per heavy atom. The third-order valence-corrected chi connectivity index (χ3v) is 6.83. The van der Waals surface area contributed by atoms with Gasteiger partial charge in [0.2, 0.25) is 5.91 Å². The zero-order chi connectivity index (χ0) is 17.6. The summed E-state index contributed by atoms with van der Waals surface area (Å²) in [6, 6.07) is 0.767. The Balaban J connectivity index is 1.42. The smallest absolute Gasteiger partial charge is 0.410 e. The number of nitrogens with one attached hydrogen (secondary N) is 1. The van der Waals surface area contributed by atoms with Crippen LogP contribution in [0.15, 0.2) is 11.8 Å². The molecule has 3 saturated heterocycles. The van der Waals surface area contributed by atoms with E-state index in [1.54, 1.807) is 0 Å². The van der Waals surface area contributed by atoms with E-state index in [0.29, 0.717) is 13.0 Å². The fourth-order valence-corrected chi connectivity index (χ4v) is 5.29. The lowest BCUT2D eigenvalue weighted by Crippen LogP contribution is -2.48. The number of likely N-dealkylation sites (tertiary alicyclic amines) is 1. The number of carbonyl (C=O) groups excluding carboxylic acids is 2. The number of fused-ring (bicyclic) bond motifs is 2. The molecule has 6 nitrogen and oxygen atoms in total. The van der Waals surface area contributed by atoms with Crippen LogP contribution < -0.4 is 5.32 Å². The molecule has 3 unspecified atom stereocenters. The Hall–Kier alpha value is -1.72. The average Bonchev–Trinajstić information content (AvgIpc) is 3.01. The SMILES string of the molecule is CCOC(=O)N1C2C=C(N3CCC4(CC3)CC(=O)NC4C)CC1CC2. The van der Waals surface area contributed by atoms with Crippen LogP contribution in [-0.4, -0.2) is 59.6 Å². The number of rotatable bonds is 2. The van der Waals surface area contributed by atoms with Gasteiger partial charge in [-0.2, -0.15) is 0 Å². The number of amides is 2. The first-order valence-corrected chi connectivity index (χ1v) is 9.72. The van der Waals surface area contributed by atoms with Crippen molar-refractivity contribution in [1.82, 2.24) is 15.1 Å². The molecule has 4 rings (SSSR count). The highest BCUT2D eigenvalue weighted by atomic mass is 16.6. The van der Waals surface area contributed by atoms with E-state index in [-0.39, 0.29) is 35.5 Å². The molecular formula is C19H29N3O3. The van der Waals surface area contributed by atoms with Crippen molar-refractivity contribution in [3.8, 4) is 0 Å². The van der Waals surface area contributed by atoms with Crippen molar-refractivity contribution in [3.63, 3.8) is 0 Å². The molecule has 0 aromatic heterocycles. The van der Waals surface area contributed by atoms with Crippen LogP contribution in [0.1, 0.15) is 52.4 Å². The second kappa shape index (κ2) is 6.22. The summed E-state index contributed by atoms with van der Waals surface area (Å²) < 4.78 is 5.23. The summed E-state index contributed by atoms with van der Waals surface area (Å²) in [6.07, 6.45) is 8.00. The molecule has 2 bridgehead atoms. The molecule has 0 aromatic carbocycles. The van der Waals surface area contributed by atoms with Gasteiger partial charge in [-0.1, -0.05) is 0 Å². The summed E-state index contributed by atoms with van der Waals surface area (Å²) in [5.41, 5.74) is 1.55. The second-order valence-electron chi connectivity index (χ2n) is 8.08. The van der Waals surface area contributed by atoms with E-state index in [2.05, 4.69) is 23.2 Å². The van der Waals surface area contributed by atoms with Crippen LogP contribution in [0.3, 0.4) is 0 Å². The lowest BCUT2D eigenvalue weighted by molar-refractivity contribution is -0.119. The monoisotopic (exact) mass is 347 g/mol. The van der Waals surface area contributed by atoms with E-state index in [1.165, 1.54) is 5.70 Å². The normalized spacial score (nSPS) is 33.4. The maximum absolute atomic E-state index is 12.2. The Kier molecular flexibility index (Phi) is 4.16. The van der Waals surface area contributed by atoms with Crippen molar-refractivity contribution in [2.75, 3.05) is 19.7 Å². The molecular weight excluding hydrogens is 318 g/mol. The first kappa shape index (κ1) is 16.7. The molecule has 0 radical (unpaired) electrons. The largest absolute Gasteiger partial charge is 0.450 e. The van der Waals surface area contributed by atoms with Gasteiger partial charge < -0.3 is 15.0 Å². The Labute approximate surface area is 149 Å². The number of hydrogen-bond acceptors (Lipinski definition) is 4. The Morgan fingerprint density at radius 1 is 1.36 bits per heavy atom. The van der Waals surface area contributed by atoms with Crippen molar-refractivity contribution >= 4 is 12.0 Å². The average molecular weight is 347 g/mol. The van der Waals surface area contributed by atoms with Gasteiger partial charge in [0.05, 0.1) is 12.6 Å². The van der Waals surface area contributed by atoms with Crippen LogP contribution in [0.2, 0.25) is 0 Å². The van der Waals surface area contributed by atoms with Gasteiger partial charge in [-0.25, -0.2) is 4.79 Å². The molecule has 4 aliphatic rings. The van der Waals surface area contributed by atoms with Crippen LogP contribution in [0.4, 0.5) is 4.79 Å². The van der Waals surface area contributed by atoms with E-state index in [1.807, 2.05) is 11.8 Å². The minimum atomic E-state index is -0.160. The summed E-state index contributed by atoms with van der Waals surface area (Å²) in [4.78, 5) is 28.4. The maximum Gasteiger partial charge on any atom is 0.410 e. The van der Waals surface area contributed by atoms with E-state index < -0.39 is 0 Å². The molecule has 2 amide bonds. The minimum Gasteiger partial charge on any atom is -0.450 e. The van der Waals surface area contributed by atoms with Crippen LogP contribution in [0, 0.1) is 5.41 Å². The first-order valence-electron chi connectivity index (χ1n) is 9.72. The molecule has 25 heavy (non-hydrogen) atoms. The lowest BCUT2D eigenvalue weighted by atomic mass is 9.73. The van der Waals surface area contributed by atoms with E-state index in [0.717, 1.165) is 45.2 Å². The molecule has 138 valence electrons. The molecule has 6 heteroatoms. The number of nitrogens with zero attached hydrogens (tertiary/aromatic N) is 2. The van der Waals surface area contributed by atoms with Gasteiger partial charge in [-0.15, -0.1) is 0 Å². The molecule has 3 fully saturated rings. The number of carbonyl (C=O) groups is 2. The molecule has 4 heterocycles. The third kappa shape index (κ3) is 2.79. The predicted molar refractivity (Wildman–Crippen MR) is 93.8 cm³/mol.